The zero-order chi connectivity index (χ0) is 17.9. The van der Waals surface area contributed by atoms with E-state index in [4.69, 9.17) is 27.9 Å². The fourth-order valence-electron chi connectivity index (χ4n) is 1.89. The van der Waals surface area contributed by atoms with Gasteiger partial charge in [0.15, 0.2) is 11.0 Å². The number of carbonyl (C=O) groups is 2. The van der Waals surface area contributed by atoms with Gasteiger partial charge in [-0.15, -0.1) is 0 Å². The molecule has 24 heavy (non-hydrogen) atoms. The molecule has 0 aliphatic rings. The number of hydrogen-bond donors (Lipinski definition) is 2. The monoisotopic (exact) mass is 371 g/mol. The fraction of sp³-hybridized carbons (Fsp3) is 0.133. The Labute approximate surface area is 146 Å². The SMILES string of the molecule is COc1cccc(C)c1NC(=O)NC(=O)c1cc(F)c(Cl)nc1Cl. The largest absolute Gasteiger partial charge is 0.495 e. The summed E-state index contributed by atoms with van der Waals surface area (Å²) < 4.78 is 18.5. The average molecular weight is 372 g/mol. The Hall–Kier alpha value is -2.38. The number of aryl methyl sites for hydroxylation is 1. The maximum absolute atomic E-state index is 13.4. The molecule has 6 nitrogen and oxygen atoms in total. The summed E-state index contributed by atoms with van der Waals surface area (Å²) in [7, 11) is 1.45. The smallest absolute Gasteiger partial charge is 0.326 e. The summed E-state index contributed by atoms with van der Waals surface area (Å²) in [6, 6.07) is 5.13. The molecule has 0 aliphatic heterocycles. The van der Waals surface area contributed by atoms with Crippen LogP contribution in [0.5, 0.6) is 5.75 Å². The van der Waals surface area contributed by atoms with Crippen LogP contribution in [0.3, 0.4) is 0 Å². The number of pyridine rings is 1. The maximum Gasteiger partial charge on any atom is 0.326 e. The number of rotatable bonds is 3. The first kappa shape index (κ1) is 18.0. The zero-order valence-corrected chi connectivity index (χ0v) is 14.1. The van der Waals surface area contributed by atoms with Crippen LogP contribution in [-0.2, 0) is 0 Å². The summed E-state index contributed by atoms with van der Waals surface area (Å²) in [6.45, 7) is 1.76. The normalized spacial score (nSPS) is 10.2. The number of nitrogens with one attached hydrogen (secondary N) is 2. The molecule has 1 heterocycles. The van der Waals surface area contributed by atoms with Crippen LogP contribution in [0.4, 0.5) is 14.9 Å². The molecule has 2 rings (SSSR count). The van der Waals surface area contributed by atoms with Gasteiger partial charge in [0.05, 0.1) is 18.4 Å². The van der Waals surface area contributed by atoms with Crippen LogP contribution in [0, 0.1) is 12.7 Å². The predicted molar refractivity (Wildman–Crippen MR) is 88.4 cm³/mol. The lowest BCUT2D eigenvalue weighted by molar-refractivity contribution is 0.0966. The molecule has 0 fully saturated rings. The number of hydrogen-bond acceptors (Lipinski definition) is 4. The van der Waals surface area contributed by atoms with Crippen LogP contribution in [-0.4, -0.2) is 24.0 Å². The van der Waals surface area contributed by atoms with E-state index in [0.717, 1.165) is 11.6 Å². The number of para-hydroxylation sites is 1. The van der Waals surface area contributed by atoms with Crippen molar-refractivity contribution in [1.82, 2.24) is 10.3 Å². The van der Waals surface area contributed by atoms with Gasteiger partial charge in [0.1, 0.15) is 10.9 Å². The summed E-state index contributed by atoms with van der Waals surface area (Å²) in [5, 5.41) is 3.74. The molecule has 0 saturated heterocycles. The number of imide groups is 1. The molecule has 126 valence electrons. The van der Waals surface area contributed by atoms with E-state index in [-0.39, 0.29) is 10.7 Å². The highest BCUT2D eigenvalue weighted by molar-refractivity contribution is 6.35. The number of carbonyl (C=O) groups excluding carboxylic acids is 2. The average Bonchev–Trinajstić information content (AvgIpc) is 2.52. The molecule has 2 N–H and O–H groups in total. The maximum atomic E-state index is 13.4. The van der Waals surface area contributed by atoms with Crippen molar-refractivity contribution >= 4 is 40.8 Å². The highest BCUT2D eigenvalue weighted by atomic mass is 35.5. The first-order chi connectivity index (χ1) is 11.3. The van der Waals surface area contributed by atoms with Gasteiger partial charge in [-0.1, -0.05) is 35.3 Å². The number of anilines is 1. The quantitative estimate of drug-likeness (QED) is 0.803. The van der Waals surface area contributed by atoms with Gasteiger partial charge in [0.2, 0.25) is 0 Å². The third kappa shape index (κ3) is 3.93. The minimum Gasteiger partial charge on any atom is -0.495 e. The first-order valence-corrected chi connectivity index (χ1v) is 7.36. The van der Waals surface area contributed by atoms with Gasteiger partial charge < -0.3 is 10.1 Å². The second kappa shape index (κ2) is 7.46. The van der Waals surface area contributed by atoms with E-state index >= 15 is 0 Å². The lowest BCUT2D eigenvalue weighted by Crippen LogP contribution is -2.35. The van der Waals surface area contributed by atoms with E-state index in [1.165, 1.54) is 7.11 Å². The van der Waals surface area contributed by atoms with Crippen LogP contribution < -0.4 is 15.4 Å². The minimum atomic E-state index is -0.924. The van der Waals surface area contributed by atoms with Gasteiger partial charge in [0, 0.05) is 0 Å². The summed E-state index contributed by atoms with van der Waals surface area (Å²) >= 11 is 11.2. The highest BCUT2D eigenvalue weighted by Gasteiger charge is 2.19. The lowest BCUT2D eigenvalue weighted by atomic mass is 10.2. The predicted octanol–water partition coefficient (Wildman–Crippen LogP) is 3.81. The van der Waals surface area contributed by atoms with Crippen molar-refractivity contribution < 1.29 is 18.7 Å². The number of aromatic nitrogens is 1. The first-order valence-electron chi connectivity index (χ1n) is 6.61. The summed E-state index contributed by atoms with van der Waals surface area (Å²) in [5.41, 5.74) is 0.816. The van der Waals surface area contributed by atoms with Gasteiger partial charge in [-0.3, -0.25) is 10.1 Å². The van der Waals surface area contributed by atoms with Gasteiger partial charge >= 0.3 is 6.03 Å². The van der Waals surface area contributed by atoms with E-state index in [1.54, 1.807) is 25.1 Å². The second-order valence-electron chi connectivity index (χ2n) is 4.66. The van der Waals surface area contributed by atoms with Gasteiger partial charge in [-0.05, 0) is 24.6 Å². The molecule has 2 aromatic rings. The van der Waals surface area contributed by atoms with Crippen molar-refractivity contribution in [2.75, 3.05) is 12.4 Å². The Morgan fingerprint density at radius 2 is 1.96 bits per heavy atom. The topological polar surface area (TPSA) is 80.3 Å². The number of nitrogens with zero attached hydrogens (tertiary/aromatic N) is 1. The van der Waals surface area contributed by atoms with E-state index in [2.05, 4.69) is 10.3 Å². The molecule has 1 aromatic heterocycles. The van der Waals surface area contributed by atoms with Crippen LogP contribution in [0.1, 0.15) is 15.9 Å². The second-order valence-corrected chi connectivity index (χ2v) is 5.38. The molecule has 9 heteroatoms. The molecular weight excluding hydrogens is 360 g/mol. The third-order valence-corrected chi connectivity index (χ3v) is 3.60. The standard InChI is InChI=1S/C15H12Cl2FN3O3/c1-7-4-3-5-10(24-2)11(7)19-15(23)21-14(22)8-6-9(18)13(17)20-12(8)16/h3-6H,1-2H3,(H2,19,21,22,23). The van der Waals surface area contributed by atoms with Crippen molar-refractivity contribution in [3.05, 3.63) is 51.5 Å². The Balaban J connectivity index is 2.16. The Morgan fingerprint density at radius 3 is 2.62 bits per heavy atom. The molecule has 0 unspecified atom stereocenters. The number of methoxy groups -OCH3 is 1. The summed E-state index contributed by atoms with van der Waals surface area (Å²) in [5.74, 6) is -1.42. The van der Waals surface area contributed by atoms with Gasteiger partial charge in [0.25, 0.3) is 5.91 Å². The van der Waals surface area contributed by atoms with E-state index in [0.29, 0.717) is 11.4 Å². The van der Waals surface area contributed by atoms with Crippen LogP contribution in [0.2, 0.25) is 10.3 Å². The number of amides is 3. The Kier molecular flexibility index (Phi) is 5.58. The van der Waals surface area contributed by atoms with Crippen molar-refractivity contribution in [2.45, 2.75) is 6.92 Å². The molecule has 0 spiro atoms. The van der Waals surface area contributed by atoms with Crippen molar-refractivity contribution in [3.8, 4) is 5.75 Å². The third-order valence-electron chi connectivity index (χ3n) is 3.05. The number of ether oxygens (including phenoxy) is 1. The summed E-state index contributed by atoms with van der Waals surface area (Å²) in [6.07, 6.45) is 0. The fourth-order valence-corrected chi connectivity index (χ4v) is 2.30. The molecule has 1 aromatic carbocycles. The Morgan fingerprint density at radius 1 is 1.25 bits per heavy atom. The van der Waals surface area contributed by atoms with Gasteiger partial charge in [-0.2, -0.15) is 0 Å². The molecule has 0 atom stereocenters. The van der Waals surface area contributed by atoms with E-state index in [9.17, 15) is 14.0 Å². The zero-order valence-electron chi connectivity index (χ0n) is 12.6. The molecule has 0 saturated carbocycles. The Bertz CT molecular complexity index is 815. The molecular formula is C15H12Cl2FN3O3. The summed E-state index contributed by atoms with van der Waals surface area (Å²) in [4.78, 5) is 27.5. The number of benzene rings is 1. The lowest BCUT2D eigenvalue weighted by Gasteiger charge is -2.13. The van der Waals surface area contributed by atoms with E-state index in [1.807, 2.05) is 5.32 Å². The number of urea groups is 1. The van der Waals surface area contributed by atoms with Gasteiger partial charge in [-0.25, -0.2) is 14.2 Å². The highest BCUT2D eigenvalue weighted by Crippen LogP contribution is 2.27. The van der Waals surface area contributed by atoms with Crippen LogP contribution >= 0.6 is 23.2 Å². The molecule has 0 aliphatic carbocycles. The van der Waals surface area contributed by atoms with Crippen molar-refractivity contribution in [3.63, 3.8) is 0 Å². The molecule has 0 radical (unpaired) electrons. The van der Waals surface area contributed by atoms with Crippen molar-refractivity contribution in [2.24, 2.45) is 0 Å². The molecule has 3 amide bonds. The van der Waals surface area contributed by atoms with Crippen LogP contribution in [0.15, 0.2) is 24.3 Å². The minimum absolute atomic E-state index is 0.314. The van der Waals surface area contributed by atoms with Crippen molar-refractivity contribution in [1.29, 1.82) is 0 Å². The van der Waals surface area contributed by atoms with E-state index < -0.39 is 22.9 Å². The molecule has 0 bridgehead atoms. The van der Waals surface area contributed by atoms with Crippen LogP contribution in [0.25, 0.3) is 0 Å². The number of halogens is 3.